The minimum Gasteiger partial charge on any atom is -0.405 e. The Morgan fingerprint density at radius 1 is 1.20 bits per heavy atom. The molecule has 0 fully saturated rings. The fourth-order valence-corrected chi connectivity index (χ4v) is 2.33. The molecule has 0 radical (unpaired) electrons. The molecule has 0 saturated carbocycles. The van der Waals surface area contributed by atoms with Crippen molar-refractivity contribution in [3.8, 4) is 5.75 Å². The quantitative estimate of drug-likeness (QED) is 0.825. The summed E-state index contributed by atoms with van der Waals surface area (Å²) in [4.78, 5) is 0. The van der Waals surface area contributed by atoms with Crippen molar-refractivity contribution >= 4 is 0 Å². The van der Waals surface area contributed by atoms with E-state index in [4.69, 9.17) is 0 Å². The van der Waals surface area contributed by atoms with E-state index in [2.05, 4.69) is 22.2 Å². The van der Waals surface area contributed by atoms with E-state index in [1.165, 1.54) is 12.1 Å². The summed E-state index contributed by atoms with van der Waals surface area (Å²) in [7, 11) is 0. The maximum Gasteiger partial charge on any atom is 0.573 e. The molecule has 1 aromatic carbocycles. The average Bonchev–Trinajstić information content (AvgIpc) is 2.40. The Kier molecular flexibility index (Phi) is 5.06. The van der Waals surface area contributed by atoms with Crippen LogP contribution in [0.3, 0.4) is 0 Å². The molecule has 1 atom stereocenters. The predicted octanol–water partition coefficient (Wildman–Crippen LogP) is 4.03. The molecule has 0 heterocycles. The van der Waals surface area contributed by atoms with Gasteiger partial charge in [0, 0.05) is 12.1 Å². The largest absolute Gasteiger partial charge is 0.573 e. The molecule has 2 rings (SSSR count). The Morgan fingerprint density at radius 2 is 2.00 bits per heavy atom. The predicted molar refractivity (Wildman–Crippen MR) is 71.3 cm³/mol. The van der Waals surface area contributed by atoms with Crippen LogP contribution in [0.1, 0.15) is 24.8 Å². The number of alkyl halides is 3. The minimum absolute atomic E-state index is 0.129. The van der Waals surface area contributed by atoms with Crippen LogP contribution >= 0.6 is 0 Å². The summed E-state index contributed by atoms with van der Waals surface area (Å²) in [5.74, 6) is 0.437. The topological polar surface area (TPSA) is 21.3 Å². The zero-order valence-electron chi connectivity index (χ0n) is 11.1. The number of halogens is 3. The monoisotopic (exact) mass is 285 g/mol. The van der Waals surface area contributed by atoms with Crippen LogP contribution in [0.25, 0.3) is 0 Å². The number of benzene rings is 1. The number of hydrogen-bond donors (Lipinski definition) is 1. The molecule has 0 saturated heterocycles. The molecule has 1 aliphatic carbocycles. The lowest BCUT2D eigenvalue weighted by molar-refractivity contribution is -0.274. The van der Waals surface area contributed by atoms with Crippen LogP contribution in [0.5, 0.6) is 5.75 Å². The summed E-state index contributed by atoms with van der Waals surface area (Å²) in [6.45, 7) is 1.19. The maximum atomic E-state index is 12.3. The van der Waals surface area contributed by atoms with E-state index in [1.807, 2.05) is 0 Å². The van der Waals surface area contributed by atoms with E-state index in [1.54, 1.807) is 12.1 Å². The smallest absolute Gasteiger partial charge is 0.405 e. The average molecular weight is 285 g/mol. The van der Waals surface area contributed by atoms with Crippen molar-refractivity contribution in [2.45, 2.75) is 32.2 Å². The van der Waals surface area contributed by atoms with Gasteiger partial charge in [0.05, 0.1) is 0 Å². The molecular formula is C15H18F3NO. The van der Waals surface area contributed by atoms with E-state index in [-0.39, 0.29) is 5.75 Å². The van der Waals surface area contributed by atoms with Gasteiger partial charge in [0.25, 0.3) is 0 Å². The van der Waals surface area contributed by atoms with Crippen LogP contribution in [0.4, 0.5) is 13.2 Å². The lowest BCUT2D eigenvalue weighted by Gasteiger charge is -2.19. The molecule has 1 unspecified atom stereocenters. The summed E-state index contributed by atoms with van der Waals surface area (Å²) in [6.07, 6.45) is 2.93. The van der Waals surface area contributed by atoms with Crippen LogP contribution in [0.15, 0.2) is 36.4 Å². The number of allylic oxidation sites excluding steroid dienone is 2. The van der Waals surface area contributed by atoms with Crippen LogP contribution in [-0.4, -0.2) is 12.9 Å². The first-order valence-corrected chi connectivity index (χ1v) is 6.74. The highest BCUT2D eigenvalue weighted by atomic mass is 19.4. The third-order valence-corrected chi connectivity index (χ3v) is 3.32. The Hall–Kier alpha value is -1.49. The van der Waals surface area contributed by atoms with Crippen molar-refractivity contribution in [2.24, 2.45) is 5.92 Å². The highest BCUT2D eigenvalue weighted by Gasteiger charge is 2.31. The molecule has 0 bridgehead atoms. The summed E-state index contributed by atoms with van der Waals surface area (Å²) >= 11 is 0. The molecule has 0 aliphatic heterocycles. The first kappa shape index (κ1) is 14.9. The third kappa shape index (κ3) is 4.89. The van der Waals surface area contributed by atoms with Crippen LogP contribution in [-0.2, 0) is 6.54 Å². The fourth-order valence-electron chi connectivity index (χ4n) is 2.33. The first-order valence-electron chi connectivity index (χ1n) is 6.74. The second-order valence-electron chi connectivity index (χ2n) is 4.94. The van der Waals surface area contributed by atoms with Crippen LogP contribution < -0.4 is 10.1 Å². The fraction of sp³-hybridized carbons (Fsp3) is 0.467. The van der Waals surface area contributed by atoms with Crippen molar-refractivity contribution in [2.75, 3.05) is 6.54 Å². The van der Waals surface area contributed by atoms with Gasteiger partial charge in [0.1, 0.15) is 5.75 Å². The maximum absolute atomic E-state index is 12.3. The lowest BCUT2D eigenvalue weighted by atomic mass is 9.94. The standard InChI is InChI=1S/C15H18F3NO/c16-15(17,18)20-14-9-5-4-8-13(14)11-19-10-12-6-2-1-3-7-12/h1-2,4-5,8-9,12,19H,3,6-7,10-11H2. The highest BCUT2D eigenvalue weighted by molar-refractivity contribution is 5.33. The molecule has 1 N–H and O–H groups in total. The van der Waals surface area contributed by atoms with E-state index < -0.39 is 6.36 Å². The molecule has 0 spiro atoms. The van der Waals surface area contributed by atoms with Gasteiger partial charge in [-0.3, -0.25) is 0 Å². The van der Waals surface area contributed by atoms with Crippen molar-refractivity contribution < 1.29 is 17.9 Å². The molecule has 0 amide bonds. The number of ether oxygens (including phenoxy) is 1. The van der Waals surface area contributed by atoms with E-state index >= 15 is 0 Å². The van der Waals surface area contributed by atoms with Gasteiger partial charge < -0.3 is 10.1 Å². The van der Waals surface area contributed by atoms with Crippen molar-refractivity contribution in [3.05, 3.63) is 42.0 Å². The van der Waals surface area contributed by atoms with Gasteiger partial charge in [0.2, 0.25) is 0 Å². The van der Waals surface area contributed by atoms with Crippen LogP contribution in [0.2, 0.25) is 0 Å². The molecule has 5 heteroatoms. The van der Waals surface area contributed by atoms with Crippen molar-refractivity contribution in [1.82, 2.24) is 5.32 Å². The van der Waals surface area contributed by atoms with E-state index in [0.717, 1.165) is 25.8 Å². The molecule has 20 heavy (non-hydrogen) atoms. The van der Waals surface area contributed by atoms with Gasteiger partial charge in [-0.2, -0.15) is 0 Å². The molecule has 110 valence electrons. The number of rotatable bonds is 5. The number of para-hydroxylation sites is 1. The number of nitrogens with one attached hydrogen (secondary N) is 1. The van der Waals surface area contributed by atoms with Gasteiger partial charge in [-0.05, 0) is 37.8 Å². The summed E-state index contributed by atoms with van der Waals surface area (Å²) < 4.78 is 40.9. The Labute approximate surface area is 116 Å². The van der Waals surface area contributed by atoms with Crippen molar-refractivity contribution in [3.63, 3.8) is 0 Å². The SMILES string of the molecule is FC(F)(F)Oc1ccccc1CNCC1CC=CCC1. The van der Waals surface area contributed by atoms with Gasteiger partial charge >= 0.3 is 6.36 Å². The summed E-state index contributed by atoms with van der Waals surface area (Å²) in [5.41, 5.74) is 0.524. The molecule has 0 aromatic heterocycles. The van der Waals surface area contributed by atoms with Gasteiger partial charge in [-0.1, -0.05) is 30.4 Å². The van der Waals surface area contributed by atoms with Gasteiger partial charge in [0.15, 0.2) is 0 Å². The lowest BCUT2D eigenvalue weighted by Crippen LogP contribution is -2.24. The Balaban J connectivity index is 1.87. The zero-order chi connectivity index (χ0) is 14.4. The van der Waals surface area contributed by atoms with Gasteiger partial charge in [-0.25, -0.2) is 0 Å². The third-order valence-electron chi connectivity index (χ3n) is 3.32. The molecule has 2 nitrogen and oxygen atoms in total. The molecular weight excluding hydrogens is 267 g/mol. The van der Waals surface area contributed by atoms with Crippen molar-refractivity contribution in [1.29, 1.82) is 0 Å². The Bertz CT molecular complexity index is 457. The zero-order valence-corrected chi connectivity index (χ0v) is 11.1. The first-order chi connectivity index (χ1) is 9.54. The minimum atomic E-state index is -4.65. The normalized spacial score (nSPS) is 19.1. The summed E-state index contributed by atoms with van der Waals surface area (Å²) in [5, 5.41) is 3.22. The van der Waals surface area contributed by atoms with E-state index in [9.17, 15) is 13.2 Å². The van der Waals surface area contributed by atoms with Gasteiger partial charge in [-0.15, -0.1) is 13.2 Å². The Morgan fingerprint density at radius 3 is 2.70 bits per heavy atom. The second-order valence-corrected chi connectivity index (χ2v) is 4.94. The molecule has 1 aliphatic rings. The van der Waals surface area contributed by atoms with E-state index in [0.29, 0.717) is 18.0 Å². The molecule has 1 aromatic rings. The second kappa shape index (κ2) is 6.79. The number of hydrogen-bond acceptors (Lipinski definition) is 2. The highest BCUT2D eigenvalue weighted by Crippen LogP contribution is 2.26. The van der Waals surface area contributed by atoms with Crippen LogP contribution in [0, 0.1) is 5.92 Å². The summed E-state index contributed by atoms with van der Waals surface area (Å²) in [6, 6.07) is 6.24.